The van der Waals surface area contributed by atoms with Gasteiger partial charge in [-0.15, -0.1) is 11.8 Å². The van der Waals surface area contributed by atoms with Gasteiger partial charge in [0.1, 0.15) is 0 Å². The maximum absolute atomic E-state index is 12.3. The number of benzene rings is 3. The van der Waals surface area contributed by atoms with E-state index in [0.717, 1.165) is 10.5 Å². The minimum Gasteiger partial charge on any atom is -0.462 e. The van der Waals surface area contributed by atoms with Crippen LogP contribution in [0.3, 0.4) is 0 Å². The Kier molecular flexibility index (Phi) is 8.45. The molecule has 0 heterocycles. The number of nitrogens with one attached hydrogen (secondary N) is 2. The second kappa shape index (κ2) is 11.7. The summed E-state index contributed by atoms with van der Waals surface area (Å²) >= 11 is 1.37. The lowest BCUT2D eigenvalue weighted by Gasteiger charge is -2.09. The van der Waals surface area contributed by atoms with E-state index in [1.54, 1.807) is 31.2 Å². The number of rotatable bonds is 9. The molecule has 3 aromatic carbocycles. The molecule has 2 amide bonds. The van der Waals surface area contributed by atoms with Crippen molar-refractivity contribution in [1.29, 1.82) is 0 Å². The van der Waals surface area contributed by atoms with Crippen molar-refractivity contribution in [2.45, 2.75) is 18.2 Å². The molecule has 3 aromatic rings. The quantitative estimate of drug-likeness (QED) is 0.364. The molecule has 0 fully saturated rings. The number of anilines is 2. The van der Waals surface area contributed by atoms with Crippen LogP contribution in [0.4, 0.5) is 11.4 Å². The number of carbonyl (C=O) groups is 3. The van der Waals surface area contributed by atoms with Gasteiger partial charge in [-0.1, -0.05) is 36.4 Å². The van der Waals surface area contributed by atoms with Gasteiger partial charge in [0, 0.05) is 16.3 Å². The molecule has 3 rings (SSSR count). The molecule has 32 heavy (non-hydrogen) atoms. The Hall–Kier alpha value is -3.58. The van der Waals surface area contributed by atoms with Crippen molar-refractivity contribution in [1.82, 2.24) is 0 Å². The second-order valence-corrected chi connectivity index (χ2v) is 7.92. The van der Waals surface area contributed by atoms with E-state index in [9.17, 15) is 14.4 Å². The molecule has 0 aliphatic heterocycles. The zero-order valence-corrected chi connectivity index (χ0v) is 18.5. The number of amides is 2. The van der Waals surface area contributed by atoms with Crippen LogP contribution in [-0.4, -0.2) is 30.1 Å². The van der Waals surface area contributed by atoms with Crippen molar-refractivity contribution in [3.05, 3.63) is 90.0 Å². The molecule has 0 saturated carbocycles. The molecule has 0 aromatic heterocycles. The third-order valence-electron chi connectivity index (χ3n) is 4.38. The predicted octanol–water partition coefficient (Wildman–Crippen LogP) is 4.78. The first-order valence-corrected chi connectivity index (χ1v) is 11.2. The molecular weight excluding hydrogens is 424 g/mol. The highest BCUT2D eigenvalue weighted by atomic mass is 32.2. The Morgan fingerprint density at radius 1 is 0.812 bits per heavy atom. The zero-order chi connectivity index (χ0) is 22.8. The SMILES string of the molecule is CCOC(=O)c1ccc(NC(=O)CSc2cccc(NC(=O)Cc3ccccc3)c2)cc1. The van der Waals surface area contributed by atoms with Crippen LogP contribution < -0.4 is 10.6 Å². The first kappa shape index (κ1) is 23.1. The first-order valence-electron chi connectivity index (χ1n) is 10.2. The number of esters is 1. The van der Waals surface area contributed by atoms with E-state index in [4.69, 9.17) is 4.74 Å². The van der Waals surface area contributed by atoms with Gasteiger partial charge in [-0.25, -0.2) is 4.79 Å². The minimum atomic E-state index is -0.392. The summed E-state index contributed by atoms with van der Waals surface area (Å²) in [5.74, 6) is -0.447. The average Bonchev–Trinajstić information content (AvgIpc) is 2.79. The van der Waals surface area contributed by atoms with E-state index in [-0.39, 0.29) is 17.6 Å². The Morgan fingerprint density at radius 2 is 1.53 bits per heavy atom. The van der Waals surface area contributed by atoms with Crippen LogP contribution >= 0.6 is 11.8 Å². The molecule has 7 heteroatoms. The van der Waals surface area contributed by atoms with Gasteiger partial charge < -0.3 is 15.4 Å². The van der Waals surface area contributed by atoms with E-state index in [1.165, 1.54) is 11.8 Å². The smallest absolute Gasteiger partial charge is 0.338 e. The third-order valence-corrected chi connectivity index (χ3v) is 5.37. The molecule has 0 bridgehead atoms. The Bertz CT molecular complexity index is 1070. The highest BCUT2D eigenvalue weighted by Gasteiger charge is 2.09. The molecule has 0 spiro atoms. The summed E-state index contributed by atoms with van der Waals surface area (Å²) in [5, 5.41) is 5.69. The zero-order valence-electron chi connectivity index (χ0n) is 17.7. The maximum atomic E-state index is 12.3. The van der Waals surface area contributed by atoms with Crippen LogP contribution in [0, 0.1) is 0 Å². The van der Waals surface area contributed by atoms with Gasteiger partial charge in [-0.05, 0) is 55.0 Å². The molecular formula is C25H24N2O4S. The summed E-state index contributed by atoms with van der Waals surface area (Å²) < 4.78 is 4.94. The van der Waals surface area contributed by atoms with E-state index in [2.05, 4.69) is 10.6 Å². The molecule has 6 nitrogen and oxygen atoms in total. The second-order valence-electron chi connectivity index (χ2n) is 6.87. The van der Waals surface area contributed by atoms with Crippen molar-refractivity contribution in [2.75, 3.05) is 23.0 Å². The number of hydrogen-bond donors (Lipinski definition) is 2. The minimum absolute atomic E-state index is 0.0950. The third kappa shape index (κ3) is 7.28. The van der Waals surface area contributed by atoms with Crippen LogP contribution in [-0.2, 0) is 20.7 Å². The number of hydrogen-bond acceptors (Lipinski definition) is 5. The summed E-state index contributed by atoms with van der Waals surface area (Å²) in [5.41, 5.74) is 2.67. The Balaban J connectivity index is 1.48. The molecule has 0 radical (unpaired) electrons. The summed E-state index contributed by atoms with van der Waals surface area (Å²) in [7, 11) is 0. The molecule has 0 aliphatic carbocycles. The Labute approximate surface area is 191 Å². The van der Waals surface area contributed by atoms with Gasteiger partial charge in [0.15, 0.2) is 0 Å². The van der Waals surface area contributed by atoms with Crippen LogP contribution in [0.1, 0.15) is 22.8 Å². The summed E-state index contributed by atoms with van der Waals surface area (Å²) in [6.45, 7) is 2.06. The predicted molar refractivity (Wildman–Crippen MR) is 127 cm³/mol. The largest absolute Gasteiger partial charge is 0.462 e. The monoisotopic (exact) mass is 448 g/mol. The lowest BCUT2D eigenvalue weighted by molar-refractivity contribution is -0.115. The molecule has 0 atom stereocenters. The van der Waals surface area contributed by atoms with E-state index in [0.29, 0.717) is 30.0 Å². The number of carbonyl (C=O) groups excluding carboxylic acids is 3. The lowest BCUT2D eigenvalue weighted by atomic mass is 10.1. The van der Waals surface area contributed by atoms with Crippen molar-refractivity contribution >= 4 is 40.9 Å². The van der Waals surface area contributed by atoms with Crippen LogP contribution in [0.5, 0.6) is 0 Å². The lowest BCUT2D eigenvalue weighted by Crippen LogP contribution is -2.15. The fourth-order valence-corrected chi connectivity index (χ4v) is 3.66. The summed E-state index contributed by atoms with van der Waals surface area (Å²) in [4.78, 5) is 37.1. The maximum Gasteiger partial charge on any atom is 0.338 e. The molecule has 0 saturated heterocycles. The van der Waals surface area contributed by atoms with Gasteiger partial charge in [0.25, 0.3) is 0 Å². The Morgan fingerprint density at radius 3 is 2.25 bits per heavy atom. The number of thioether (sulfide) groups is 1. The fourth-order valence-electron chi connectivity index (χ4n) is 2.90. The standard InChI is InChI=1S/C25H24N2O4S/c1-2-31-25(30)19-11-13-20(14-12-19)26-24(29)17-32-22-10-6-9-21(16-22)27-23(28)15-18-7-4-3-5-8-18/h3-14,16H,2,15,17H2,1H3,(H,26,29)(H,27,28). The van der Waals surface area contributed by atoms with Crippen LogP contribution in [0.15, 0.2) is 83.8 Å². The highest BCUT2D eigenvalue weighted by Crippen LogP contribution is 2.22. The van der Waals surface area contributed by atoms with E-state index >= 15 is 0 Å². The van der Waals surface area contributed by atoms with E-state index < -0.39 is 5.97 Å². The van der Waals surface area contributed by atoms with Gasteiger partial charge in [0.05, 0.1) is 24.3 Å². The van der Waals surface area contributed by atoms with Crippen molar-refractivity contribution in [3.8, 4) is 0 Å². The highest BCUT2D eigenvalue weighted by molar-refractivity contribution is 8.00. The average molecular weight is 449 g/mol. The summed E-state index contributed by atoms with van der Waals surface area (Å²) in [6, 6.07) is 23.5. The molecule has 0 unspecified atom stereocenters. The normalized spacial score (nSPS) is 10.3. The first-order chi connectivity index (χ1) is 15.5. The van der Waals surface area contributed by atoms with Gasteiger partial charge in [0.2, 0.25) is 11.8 Å². The molecule has 0 aliphatic rings. The molecule has 164 valence electrons. The van der Waals surface area contributed by atoms with E-state index in [1.807, 2.05) is 54.6 Å². The molecule has 2 N–H and O–H groups in total. The van der Waals surface area contributed by atoms with Gasteiger partial charge in [-0.3, -0.25) is 9.59 Å². The van der Waals surface area contributed by atoms with Crippen LogP contribution in [0.2, 0.25) is 0 Å². The topological polar surface area (TPSA) is 84.5 Å². The van der Waals surface area contributed by atoms with Crippen molar-refractivity contribution in [2.24, 2.45) is 0 Å². The van der Waals surface area contributed by atoms with Crippen molar-refractivity contribution in [3.63, 3.8) is 0 Å². The van der Waals surface area contributed by atoms with Crippen molar-refractivity contribution < 1.29 is 19.1 Å². The van der Waals surface area contributed by atoms with Gasteiger partial charge >= 0.3 is 5.97 Å². The summed E-state index contributed by atoms with van der Waals surface area (Å²) in [6.07, 6.45) is 0.301. The van der Waals surface area contributed by atoms with Gasteiger partial charge in [-0.2, -0.15) is 0 Å². The fraction of sp³-hybridized carbons (Fsp3) is 0.160. The van der Waals surface area contributed by atoms with Crippen LogP contribution in [0.25, 0.3) is 0 Å². The number of ether oxygens (including phenoxy) is 1.